The smallest absolute Gasteiger partial charge is 0.238 e. The van der Waals surface area contributed by atoms with E-state index in [0.29, 0.717) is 11.8 Å². The minimum Gasteiger partial charge on any atom is -0.423 e. The van der Waals surface area contributed by atoms with Crippen LogP contribution in [0.5, 0.6) is 0 Å². The fourth-order valence-electron chi connectivity index (χ4n) is 3.00. The normalized spacial score (nSPS) is 17.1. The van der Waals surface area contributed by atoms with Gasteiger partial charge in [0.25, 0.3) is 0 Å². The van der Waals surface area contributed by atoms with Crippen molar-refractivity contribution in [2.24, 2.45) is 0 Å². The summed E-state index contributed by atoms with van der Waals surface area (Å²) in [7, 11) is 0. The number of thioether (sulfide) groups is 1. The number of nitrogens with one attached hydrogen (secondary N) is 1. The van der Waals surface area contributed by atoms with Crippen LogP contribution in [0.1, 0.15) is 62.4 Å². The molecule has 0 spiro atoms. The first kappa shape index (κ1) is 16.4. The Hall–Kier alpha value is -1.49. The zero-order chi connectivity index (χ0) is 16.1. The van der Waals surface area contributed by atoms with Gasteiger partial charge in [-0.2, -0.15) is 11.8 Å². The molecule has 1 atom stereocenters. The summed E-state index contributed by atoms with van der Waals surface area (Å²) in [6, 6.07) is 8.66. The van der Waals surface area contributed by atoms with Crippen molar-refractivity contribution in [2.45, 2.75) is 63.0 Å². The maximum absolute atomic E-state index is 5.49. The highest BCUT2D eigenvalue weighted by Gasteiger charge is 2.14. The lowest BCUT2D eigenvalue weighted by molar-refractivity contribution is 0.451. The van der Waals surface area contributed by atoms with Gasteiger partial charge < -0.3 is 9.73 Å². The summed E-state index contributed by atoms with van der Waals surface area (Å²) >= 11 is 2.11. The summed E-state index contributed by atoms with van der Waals surface area (Å²) in [6.07, 6.45) is 7.00. The van der Waals surface area contributed by atoms with Gasteiger partial charge in [-0.05, 0) is 37.5 Å². The maximum Gasteiger partial charge on any atom is 0.238 e. The molecule has 124 valence electrons. The van der Waals surface area contributed by atoms with E-state index in [2.05, 4.69) is 51.5 Å². The SMILES string of the molecule is Cc1nnc([C@H](C)Nc2cccc(CSC3CCCCC3)c2)o1. The molecule has 1 heterocycles. The Balaban J connectivity index is 1.56. The van der Waals surface area contributed by atoms with Crippen molar-refractivity contribution < 1.29 is 4.42 Å². The largest absolute Gasteiger partial charge is 0.423 e. The molecule has 0 aliphatic heterocycles. The second-order valence-corrected chi connectivity index (χ2v) is 7.59. The molecular formula is C18H25N3OS. The van der Waals surface area contributed by atoms with E-state index in [-0.39, 0.29) is 6.04 Å². The fraction of sp³-hybridized carbons (Fsp3) is 0.556. The Morgan fingerprint density at radius 3 is 2.83 bits per heavy atom. The minimum atomic E-state index is 0.0115. The van der Waals surface area contributed by atoms with Crippen molar-refractivity contribution in [3.63, 3.8) is 0 Å². The second kappa shape index (κ2) is 7.86. The van der Waals surface area contributed by atoms with Crippen molar-refractivity contribution in [3.05, 3.63) is 41.6 Å². The quantitative estimate of drug-likeness (QED) is 0.796. The summed E-state index contributed by atoms with van der Waals surface area (Å²) in [5.74, 6) is 2.32. The van der Waals surface area contributed by atoms with Crippen molar-refractivity contribution >= 4 is 17.4 Å². The molecule has 1 saturated carbocycles. The lowest BCUT2D eigenvalue weighted by Gasteiger charge is -2.21. The van der Waals surface area contributed by atoms with Gasteiger partial charge in [0.1, 0.15) is 6.04 Å². The van der Waals surface area contributed by atoms with Crippen LogP contribution in [0.4, 0.5) is 5.69 Å². The highest BCUT2D eigenvalue weighted by molar-refractivity contribution is 7.99. The average molecular weight is 331 g/mol. The van der Waals surface area contributed by atoms with Crippen LogP contribution in [0, 0.1) is 6.92 Å². The van der Waals surface area contributed by atoms with Gasteiger partial charge in [0.2, 0.25) is 11.8 Å². The van der Waals surface area contributed by atoms with Gasteiger partial charge in [-0.15, -0.1) is 10.2 Å². The van der Waals surface area contributed by atoms with Crippen molar-refractivity contribution in [1.82, 2.24) is 10.2 Å². The molecule has 5 heteroatoms. The van der Waals surface area contributed by atoms with E-state index in [0.717, 1.165) is 16.7 Å². The Morgan fingerprint density at radius 1 is 1.26 bits per heavy atom. The molecule has 1 aliphatic rings. The van der Waals surface area contributed by atoms with Crippen LogP contribution in [-0.2, 0) is 5.75 Å². The van der Waals surface area contributed by atoms with E-state index < -0.39 is 0 Å². The van der Waals surface area contributed by atoms with Crippen LogP contribution in [0.15, 0.2) is 28.7 Å². The molecule has 0 radical (unpaired) electrons. The van der Waals surface area contributed by atoms with Crippen LogP contribution in [0.25, 0.3) is 0 Å². The van der Waals surface area contributed by atoms with Gasteiger partial charge in [0.15, 0.2) is 0 Å². The summed E-state index contributed by atoms with van der Waals surface area (Å²) in [6.45, 7) is 3.85. The third kappa shape index (κ3) is 4.74. The first-order chi connectivity index (χ1) is 11.2. The minimum absolute atomic E-state index is 0.0115. The number of benzene rings is 1. The number of rotatable bonds is 6. The number of anilines is 1. The van der Waals surface area contributed by atoms with E-state index in [9.17, 15) is 0 Å². The molecular weight excluding hydrogens is 306 g/mol. The zero-order valence-electron chi connectivity index (χ0n) is 13.9. The predicted molar refractivity (Wildman–Crippen MR) is 95.7 cm³/mol. The number of hydrogen-bond acceptors (Lipinski definition) is 5. The Morgan fingerprint density at radius 2 is 2.09 bits per heavy atom. The summed E-state index contributed by atoms with van der Waals surface area (Å²) in [5, 5.41) is 12.3. The van der Waals surface area contributed by atoms with Crippen LogP contribution in [-0.4, -0.2) is 15.4 Å². The topological polar surface area (TPSA) is 51.0 Å². The third-order valence-corrected chi connectivity index (χ3v) is 5.70. The summed E-state index contributed by atoms with van der Waals surface area (Å²) in [5.41, 5.74) is 2.48. The van der Waals surface area contributed by atoms with E-state index in [4.69, 9.17) is 4.42 Å². The number of aromatic nitrogens is 2. The first-order valence-electron chi connectivity index (χ1n) is 8.48. The molecule has 4 nitrogen and oxygen atoms in total. The van der Waals surface area contributed by atoms with E-state index in [1.165, 1.54) is 37.7 Å². The van der Waals surface area contributed by atoms with E-state index in [1.54, 1.807) is 0 Å². The molecule has 1 aromatic heterocycles. The average Bonchev–Trinajstić information content (AvgIpc) is 3.01. The molecule has 3 rings (SSSR count). The van der Waals surface area contributed by atoms with Crippen LogP contribution < -0.4 is 5.32 Å². The molecule has 2 aromatic rings. The van der Waals surface area contributed by atoms with E-state index >= 15 is 0 Å². The summed E-state index contributed by atoms with van der Waals surface area (Å²) < 4.78 is 5.49. The third-order valence-electron chi connectivity index (χ3n) is 4.26. The summed E-state index contributed by atoms with van der Waals surface area (Å²) in [4.78, 5) is 0. The number of nitrogens with zero attached hydrogens (tertiary/aromatic N) is 2. The molecule has 0 bridgehead atoms. The van der Waals surface area contributed by atoms with Gasteiger partial charge in [0.05, 0.1) is 0 Å². The first-order valence-corrected chi connectivity index (χ1v) is 9.52. The monoisotopic (exact) mass is 331 g/mol. The van der Waals surface area contributed by atoms with Gasteiger partial charge in [-0.1, -0.05) is 31.4 Å². The zero-order valence-corrected chi connectivity index (χ0v) is 14.7. The highest BCUT2D eigenvalue weighted by atomic mass is 32.2. The maximum atomic E-state index is 5.49. The molecule has 0 unspecified atom stereocenters. The van der Waals surface area contributed by atoms with Gasteiger partial charge in [0, 0.05) is 23.6 Å². The number of aryl methyl sites for hydroxylation is 1. The molecule has 1 fully saturated rings. The van der Waals surface area contributed by atoms with Crippen molar-refractivity contribution in [1.29, 1.82) is 0 Å². The fourth-order valence-corrected chi connectivity index (χ4v) is 4.27. The van der Waals surface area contributed by atoms with Crippen molar-refractivity contribution in [3.8, 4) is 0 Å². The predicted octanol–water partition coefficient (Wildman–Crippen LogP) is 5.12. The Bertz CT molecular complexity index is 622. The molecule has 1 N–H and O–H groups in total. The van der Waals surface area contributed by atoms with Gasteiger partial charge in [-0.3, -0.25) is 0 Å². The number of hydrogen-bond donors (Lipinski definition) is 1. The van der Waals surface area contributed by atoms with Crippen LogP contribution in [0.2, 0.25) is 0 Å². The van der Waals surface area contributed by atoms with Gasteiger partial charge >= 0.3 is 0 Å². The van der Waals surface area contributed by atoms with Crippen LogP contribution in [0.3, 0.4) is 0 Å². The highest BCUT2D eigenvalue weighted by Crippen LogP contribution is 2.31. The molecule has 0 amide bonds. The van der Waals surface area contributed by atoms with Crippen LogP contribution >= 0.6 is 11.8 Å². The van der Waals surface area contributed by atoms with Crippen molar-refractivity contribution in [2.75, 3.05) is 5.32 Å². The van der Waals surface area contributed by atoms with E-state index in [1.807, 2.05) is 13.8 Å². The lowest BCUT2D eigenvalue weighted by Crippen LogP contribution is -2.09. The molecule has 1 aliphatic carbocycles. The lowest BCUT2D eigenvalue weighted by atomic mass is 10.0. The van der Waals surface area contributed by atoms with Gasteiger partial charge in [-0.25, -0.2) is 0 Å². The molecule has 1 aromatic carbocycles. The molecule has 23 heavy (non-hydrogen) atoms. The standard InChI is InChI=1S/C18H25N3OS/c1-13(18-21-20-14(2)22-18)19-16-8-6-7-15(11-16)12-23-17-9-4-3-5-10-17/h6-8,11,13,17,19H,3-5,9-10,12H2,1-2H3/t13-/m0/s1. The Kier molecular flexibility index (Phi) is 5.60. The Labute approximate surface area is 142 Å². The molecule has 0 saturated heterocycles. The second-order valence-electron chi connectivity index (χ2n) is 6.30.